The van der Waals surface area contributed by atoms with E-state index in [4.69, 9.17) is 5.73 Å². The minimum Gasteiger partial charge on any atom is -0.319 e. The molecule has 0 aliphatic rings. The molecule has 3 heteroatoms. The van der Waals surface area contributed by atoms with Gasteiger partial charge in [-0.05, 0) is 25.5 Å². The molecular formula is C13H17N3. The molecule has 0 saturated carbocycles. The van der Waals surface area contributed by atoms with Gasteiger partial charge in [0.1, 0.15) is 0 Å². The first kappa shape index (κ1) is 10.9. The van der Waals surface area contributed by atoms with Crippen LogP contribution in [-0.2, 0) is 7.05 Å². The first-order chi connectivity index (χ1) is 7.58. The van der Waals surface area contributed by atoms with E-state index in [1.54, 1.807) is 0 Å². The molecular weight excluding hydrogens is 198 g/mol. The Balaban J connectivity index is 2.38. The lowest BCUT2D eigenvalue weighted by Gasteiger charge is -2.12. The number of rotatable bonds is 2. The van der Waals surface area contributed by atoms with Crippen molar-refractivity contribution in [1.82, 2.24) is 9.78 Å². The second-order valence-electron chi connectivity index (χ2n) is 4.23. The molecule has 0 amide bonds. The van der Waals surface area contributed by atoms with E-state index in [1.165, 1.54) is 5.56 Å². The van der Waals surface area contributed by atoms with Crippen LogP contribution in [0.4, 0.5) is 0 Å². The highest BCUT2D eigenvalue weighted by molar-refractivity contribution is 5.31. The Morgan fingerprint density at radius 2 is 2.00 bits per heavy atom. The second-order valence-corrected chi connectivity index (χ2v) is 4.23. The normalized spacial score (nSPS) is 12.8. The SMILES string of the molecule is Cc1cccc(C(N)c2cc(C)nn2C)c1. The van der Waals surface area contributed by atoms with Crippen molar-refractivity contribution in [2.24, 2.45) is 12.8 Å². The summed E-state index contributed by atoms with van der Waals surface area (Å²) in [6.45, 7) is 4.05. The van der Waals surface area contributed by atoms with Crippen LogP contribution in [0.3, 0.4) is 0 Å². The number of aryl methyl sites for hydroxylation is 3. The van der Waals surface area contributed by atoms with E-state index in [0.717, 1.165) is 17.0 Å². The summed E-state index contributed by atoms with van der Waals surface area (Å²) in [5.74, 6) is 0. The van der Waals surface area contributed by atoms with Crippen LogP contribution in [0.5, 0.6) is 0 Å². The summed E-state index contributed by atoms with van der Waals surface area (Å²) >= 11 is 0. The first-order valence-corrected chi connectivity index (χ1v) is 5.40. The van der Waals surface area contributed by atoms with Gasteiger partial charge in [-0.2, -0.15) is 5.10 Å². The van der Waals surface area contributed by atoms with Crippen LogP contribution >= 0.6 is 0 Å². The maximum absolute atomic E-state index is 6.24. The highest BCUT2D eigenvalue weighted by Gasteiger charge is 2.13. The summed E-state index contributed by atoms with van der Waals surface area (Å²) in [5.41, 5.74) is 10.6. The fraction of sp³-hybridized carbons (Fsp3) is 0.308. The summed E-state index contributed by atoms with van der Waals surface area (Å²) in [4.78, 5) is 0. The number of benzene rings is 1. The van der Waals surface area contributed by atoms with Gasteiger partial charge in [0.15, 0.2) is 0 Å². The Labute approximate surface area is 95.9 Å². The first-order valence-electron chi connectivity index (χ1n) is 5.40. The van der Waals surface area contributed by atoms with Gasteiger partial charge in [0.05, 0.1) is 17.4 Å². The Kier molecular flexibility index (Phi) is 2.79. The largest absolute Gasteiger partial charge is 0.319 e. The number of nitrogens with zero attached hydrogens (tertiary/aromatic N) is 2. The van der Waals surface area contributed by atoms with E-state index in [2.05, 4.69) is 30.2 Å². The standard InChI is InChI=1S/C13H17N3/c1-9-5-4-6-11(7-9)13(14)12-8-10(2)15-16(12)3/h4-8,13H,14H2,1-3H3. The third-order valence-electron chi connectivity index (χ3n) is 2.76. The molecule has 2 N–H and O–H groups in total. The zero-order valence-electron chi connectivity index (χ0n) is 9.94. The number of hydrogen-bond donors (Lipinski definition) is 1. The van der Waals surface area contributed by atoms with Crippen LogP contribution in [0, 0.1) is 13.8 Å². The molecule has 0 spiro atoms. The lowest BCUT2D eigenvalue weighted by molar-refractivity contribution is 0.669. The molecule has 2 rings (SSSR count). The molecule has 1 aromatic carbocycles. The molecule has 0 aliphatic carbocycles. The van der Waals surface area contributed by atoms with Crippen LogP contribution in [0.2, 0.25) is 0 Å². The topological polar surface area (TPSA) is 43.8 Å². The Bertz CT molecular complexity index is 500. The van der Waals surface area contributed by atoms with Gasteiger partial charge in [-0.1, -0.05) is 29.8 Å². The molecule has 16 heavy (non-hydrogen) atoms. The summed E-state index contributed by atoms with van der Waals surface area (Å²) in [5, 5.41) is 4.32. The van der Waals surface area contributed by atoms with E-state index in [9.17, 15) is 0 Å². The highest BCUT2D eigenvalue weighted by Crippen LogP contribution is 2.20. The predicted octanol–water partition coefficient (Wildman–Crippen LogP) is 2.09. The van der Waals surface area contributed by atoms with Gasteiger partial charge in [-0.3, -0.25) is 4.68 Å². The summed E-state index contributed by atoms with van der Waals surface area (Å²) in [6.07, 6.45) is 0. The summed E-state index contributed by atoms with van der Waals surface area (Å²) in [7, 11) is 1.93. The lowest BCUT2D eigenvalue weighted by atomic mass is 10.0. The zero-order valence-corrected chi connectivity index (χ0v) is 9.94. The van der Waals surface area contributed by atoms with Gasteiger partial charge in [0.25, 0.3) is 0 Å². The average molecular weight is 215 g/mol. The van der Waals surface area contributed by atoms with Crippen molar-refractivity contribution in [3.63, 3.8) is 0 Å². The van der Waals surface area contributed by atoms with Crippen molar-refractivity contribution in [2.45, 2.75) is 19.9 Å². The number of nitrogens with two attached hydrogens (primary N) is 1. The number of aromatic nitrogens is 2. The number of hydrogen-bond acceptors (Lipinski definition) is 2. The third-order valence-corrected chi connectivity index (χ3v) is 2.76. The molecule has 0 aliphatic heterocycles. The molecule has 1 unspecified atom stereocenters. The van der Waals surface area contributed by atoms with Gasteiger partial charge >= 0.3 is 0 Å². The zero-order chi connectivity index (χ0) is 11.7. The predicted molar refractivity (Wildman–Crippen MR) is 65.2 cm³/mol. The van der Waals surface area contributed by atoms with Crippen LogP contribution in [0.1, 0.15) is 28.6 Å². The smallest absolute Gasteiger partial charge is 0.0723 e. The summed E-state index contributed by atoms with van der Waals surface area (Å²) < 4.78 is 1.85. The molecule has 1 aromatic heterocycles. The fourth-order valence-corrected chi connectivity index (χ4v) is 1.96. The Morgan fingerprint density at radius 3 is 2.56 bits per heavy atom. The van der Waals surface area contributed by atoms with Crippen LogP contribution < -0.4 is 5.73 Å². The Hall–Kier alpha value is -1.61. The molecule has 0 fully saturated rings. The minimum absolute atomic E-state index is 0.105. The van der Waals surface area contributed by atoms with E-state index in [0.29, 0.717) is 0 Å². The highest BCUT2D eigenvalue weighted by atomic mass is 15.3. The summed E-state index contributed by atoms with van der Waals surface area (Å²) in [6, 6.07) is 10.2. The fourth-order valence-electron chi connectivity index (χ4n) is 1.96. The van der Waals surface area contributed by atoms with Crippen molar-refractivity contribution >= 4 is 0 Å². The van der Waals surface area contributed by atoms with E-state index in [-0.39, 0.29) is 6.04 Å². The van der Waals surface area contributed by atoms with E-state index >= 15 is 0 Å². The van der Waals surface area contributed by atoms with Gasteiger partial charge in [-0.25, -0.2) is 0 Å². The van der Waals surface area contributed by atoms with E-state index in [1.807, 2.05) is 30.8 Å². The van der Waals surface area contributed by atoms with Crippen molar-refractivity contribution in [3.05, 3.63) is 52.8 Å². The quantitative estimate of drug-likeness (QED) is 0.833. The van der Waals surface area contributed by atoms with Crippen LogP contribution in [0.25, 0.3) is 0 Å². The molecule has 0 radical (unpaired) electrons. The maximum Gasteiger partial charge on any atom is 0.0723 e. The van der Waals surface area contributed by atoms with Crippen LogP contribution in [-0.4, -0.2) is 9.78 Å². The van der Waals surface area contributed by atoms with Gasteiger partial charge in [0, 0.05) is 7.05 Å². The van der Waals surface area contributed by atoms with Crippen molar-refractivity contribution in [2.75, 3.05) is 0 Å². The Morgan fingerprint density at radius 1 is 1.25 bits per heavy atom. The van der Waals surface area contributed by atoms with Gasteiger partial charge in [-0.15, -0.1) is 0 Å². The lowest BCUT2D eigenvalue weighted by Crippen LogP contribution is -2.15. The van der Waals surface area contributed by atoms with Gasteiger partial charge < -0.3 is 5.73 Å². The molecule has 3 nitrogen and oxygen atoms in total. The van der Waals surface area contributed by atoms with Gasteiger partial charge in [0.2, 0.25) is 0 Å². The average Bonchev–Trinajstić information content (AvgIpc) is 2.57. The van der Waals surface area contributed by atoms with E-state index < -0.39 is 0 Å². The molecule has 0 bridgehead atoms. The molecule has 0 saturated heterocycles. The third kappa shape index (κ3) is 1.99. The molecule has 84 valence electrons. The monoisotopic (exact) mass is 215 g/mol. The molecule has 1 heterocycles. The molecule has 2 aromatic rings. The molecule has 1 atom stereocenters. The van der Waals surface area contributed by atoms with Crippen molar-refractivity contribution in [1.29, 1.82) is 0 Å². The van der Waals surface area contributed by atoms with Crippen molar-refractivity contribution in [3.8, 4) is 0 Å². The minimum atomic E-state index is -0.105. The maximum atomic E-state index is 6.24. The van der Waals surface area contributed by atoms with Crippen LogP contribution in [0.15, 0.2) is 30.3 Å². The van der Waals surface area contributed by atoms with Crippen molar-refractivity contribution < 1.29 is 0 Å². The second kappa shape index (κ2) is 4.10.